The third kappa shape index (κ3) is 7.28. The van der Waals surface area contributed by atoms with Crippen molar-refractivity contribution in [2.45, 2.75) is 51.6 Å². The summed E-state index contributed by atoms with van der Waals surface area (Å²) in [5.41, 5.74) is -1.68. The molecule has 10 heteroatoms. The molecule has 2 amide bonds. The van der Waals surface area contributed by atoms with Gasteiger partial charge in [0.2, 0.25) is 12.3 Å². The van der Waals surface area contributed by atoms with E-state index >= 15 is 0 Å². The number of unbranched alkanes of at least 4 members (excludes halogenated alkanes) is 3. The number of rotatable bonds is 13. The Kier molecular flexibility index (Phi) is 9.55. The maximum Gasteiger partial charge on any atom is 0.417 e. The summed E-state index contributed by atoms with van der Waals surface area (Å²) in [4.78, 5) is 33.2. The second-order valence-corrected chi connectivity index (χ2v) is 7.26. The first kappa shape index (κ1) is 25.2. The lowest BCUT2D eigenvalue weighted by atomic mass is 10.0. The fraction of sp³-hybridized carbons (Fsp3) is 0.500. The van der Waals surface area contributed by atoms with Crippen molar-refractivity contribution in [3.63, 3.8) is 0 Å². The molecule has 1 heterocycles. The molecule has 2 aromatic rings. The van der Waals surface area contributed by atoms with Gasteiger partial charge in [-0.25, -0.2) is 4.79 Å². The first-order valence-corrected chi connectivity index (χ1v) is 10.5. The Morgan fingerprint density at radius 3 is 2.62 bits per heavy atom. The summed E-state index contributed by atoms with van der Waals surface area (Å²) in [6, 6.07) is 3.24. The number of benzene rings is 1. The highest BCUT2D eigenvalue weighted by Crippen LogP contribution is 2.37. The Balaban J connectivity index is 1.94. The van der Waals surface area contributed by atoms with E-state index in [0.29, 0.717) is 49.8 Å². The number of carbonyl (C=O) groups excluding carboxylic acids is 2. The number of amides is 2. The van der Waals surface area contributed by atoms with Gasteiger partial charge in [-0.15, -0.1) is 0 Å². The normalized spacial score (nSPS) is 11.4. The Labute approximate surface area is 183 Å². The topological polar surface area (TPSA) is 97.6 Å². The molecule has 0 bridgehead atoms. The number of halogens is 3. The molecule has 32 heavy (non-hydrogen) atoms. The number of ether oxygens (including phenoxy) is 1. The fourth-order valence-electron chi connectivity index (χ4n) is 3.31. The zero-order valence-corrected chi connectivity index (χ0v) is 17.8. The van der Waals surface area contributed by atoms with Crippen molar-refractivity contribution in [3.05, 3.63) is 39.7 Å². The number of nitrogens with one attached hydrogen (secondary N) is 2. The Morgan fingerprint density at radius 1 is 1.19 bits per heavy atom. The number of hydrogen-bond acceptors (Lipinski definition) is 5. The number of fused-ring (bicyclic) bond motifs is 1. The van der Waals surface area contributed by atoms with Gasteiger partial charge in [-0.2, -0.15) is 13.2 Å². The molecule has 0 aliphatic heterocycles. The molecule has 0 aliphatic rings. The average Bonchev–Trinajstić information content (AvgIpc) is 2.74. The minimum atomic E-state index is -4.66. The van der Waals surface area contributed by atoms with Gasteiger partial charge in [-0.1, -0.05) is 26.2 Å². The molecule has 0 spiro atoms. The van der Waals surface area contributed by atoms with Crippen molar-refractivity contribution < 1.29 is 31.9 Å². The zero-order chi connectivity index (χ0) is 23.6. The summed E-state index contributed by atoms with van der Waals surface area (Å²) in [6.07, 6.45) is 0.0419. The summed E-state index contributed by atoms with van der Waals surface area (Å²) < 4.78 is 51.0. The molecule has 0 saturated heterocycles. The van der Waals surface area contributed by atoms with E-state index in [1.54, 1.807) is 0 Å². The van der Waals surface area contributed by atoms with Crippen molar-refractivity contribution in [2.75, 3.05) is 19.7 Å². The summed E-state index contributed by atoms with van der Waals surface area (Å²) in [7, 11) is 0. The van der Waals surface area contributed by atoms with Crippen LogP contribution in [0.3, 0.4) is 0 Å². The SMILES string of the molecule is CCCc1c(OCCCCCCNC(=O)CNC=O)ccc2c(C(F)(F)F)cc(=O)oc12. The van der Waals surface area contributed by atoms with Gasteiger partial charge >= 0.3 is 11.8 Å². The molecule has 2 rings (SSSR count). The highest BCUT2D eigenvalue weighted by atomic mass is 19.4. The van der Waals surface area contributed by atoms with Gasteiger partial charge in [0.15, 0.2) is 0 Å². The number of alkyl halides is 3. The number of aryl methyl sites for hydroxylation is 1. The van der Waals surface area contributed by atoms with E-state index in [4.69, 9.17) is 9.15 Å². The number of carbonyl (C=O) groups is 2. The van der Waals surface area contributed by atoms with Crippen molar-refractivity contribution in [3.8, 4) is 5.75 Å². The monoisotopic (exact) mass is 456 g/mol. The molecular formula is C22H27F3N2O5. The van der Waals surface area contributed by atoms with Crippen LogP contribution in [0.15, 0.2) is 27.4 Å². The van der Waals surface area contributed by atoms with Crippen LogP contribution in [0, 0.1) is 0 Å². The first-order valence-electron chi connectivity index (χ1n) is 10.5. The smallest absolute Gasteiger partial charge is 0.417 e. The van der Waals surface area contributed by atoms with Crippen LogP contribution in [0.4, 0.5) is 13.2 Å². The van der Waals surface area contributed by atoms with E-state index in [1.165, 1.54) is 12.1 Å². The second kappa shape index (κ2) is 12.1. The average molecular weight is 456 g/mol. The minimum absolute atomic E-state index is 0.0478. The number of hydrogen-bond donors (Lipinski definition) is 2. The third-order valence-corrected chi connectivity index (χ3v) is 4.77. The predicted octanol–water partition coefficient (Wildman–Crippen LogP) is 3.57. The van der Waals surface area contributed by atoms with Crippen LogP contribution in [-0.4, -0.2) is 32.0 Å². The molecule has 7 nitrogen and oxygen atoms in total. The molecule has 176 valence electrons. The Morgan fingerprint density at radius 2 is 1.94 bits per heavy atom. The quantitative estimate of drug-likeness (QED) is 0.273. The largest absolute Gasteiger partial charge is 0.493 e. The van der Waals surface area contributed by atoms with E-state index in [0.717, 1.165) is 25.7 Å². The maximum absolute atomic E-state index is 13.3. The Bertz CT molecular complexity index is 972. The van der Waals surface area contributed by atoms with E-state index in [2.05, 4.69) is 10.6 Å². The lowest BCUT2D eigenvalue weighted by Gasteiger charge is -2.15. The van der Waals surface area contributed by atoms with Crippen molar-refractivity contribution in [1.29, 1.82) is 0 Å². The van der Waals surface area contributed by atoms with E-state index < -0.39 is 17.4 Å². The van der Waals surface area contributed by atoms with Crippen molar-refractivity contribution in [2.24, 2.45) is 0 Å². The van der Waals surface area contributed by atoms with Crippen LogP contribution in [0.5, 0.6) is 5.75 Å². The third-order valence-electron chi connectivity index (χ3n) is 4.77. The molecule has 0 saturated carbocycles. The van der Waals surface area contributed by atoms with Gasteiger partial charge in [0.25, 0.3) is 0 Å². The minimum Gasteiger partial charge on any atom is -0.493 e. The highest BCUT2D eigenvalue weighted by Gasteiger charge is 2.34. The van der Waals surface area contributed by atoms with Crippen LogP contribution in [0.25, 0.3) is 11.0 Å². The molecule has 1 aromatic heterocycles. The van der Waals surface area contributed by atoms with Gasteiger partial charge in [0, 0.05) is 23.6 Å². The summed E-state index contributed by atoms with van der Waals surface area (Å²) in [5, 5.41) is 4.81. The zero-order valence-electron chi connectivity index (χ0n) is 17.8. The Hall–Kier alpha value is -3.04. The van der Waals surface area contributed by atoms with Gasteiger partial charge in [0.05, 0.1) is 18.7 Å². The first-order chi connectivity index (χ1) is 15.3. The van der Waals surface area contributed by atoms with Crippen LogP contribution in [0.2, 0.25) is 0 Å². The lowest BCUT2D eigenvalue weighted by molar-refractivity contribution is -0.136. The van der Waals surface area contributed by atoms with E-state index in [9.17, 15) is 27.6 Å². The molecular weight excluding hydrogens is 429 g/mol. The van der Waals surface area contributed by atoms with Crippen LogP contribution in [0.1, 0.15) is 50.2 Å². The van der Waals surface area contributed by atoms with Crippen LogP contribution >= 0.6 is 0 Å². The van der Waals surface area contributed by atoms with Gasteiger partial charge in [-0.3, -0.25) is 9.59 Å². The lowest BCUT2D eigenvalue weighted by Crippen LogP contribution is -2.33. The second-order valence-electron chi connectivity index (χ2n) is 7.26. The molecule has 0 unspecified atom stereocenters. The van der Waals surface area contributed by atoms with Gasteiger partial charge in [0.1, 0.15) is 11.3 Å². The molecule has 0 aliphatic carbocycles. The van der Waals surface area contributed by atoms with Crippen LogP contribution < -0.4 is 21.0 Å². The molecule has 0 atom stereocenters. The summed E-state index contributed by atoms with van der Waals surface area (Å²) in [5.74, 6) is 0.164. The molecule has 2 N–H and O–H groups in total. The maximum atomic E-state index is 13.3. The van der Waals surface area contributed by atoms with E-state index in [-0.39, 0.29) is 23.4 Å². The van der Waals surface area contributed by atoms with Crippen molar-refractivity contribution in [1.82, 2.24) is 10.6 Å². The molecule has 0 fully saturated rings. The summed E-state index contributed by atoms with van der Waals surface area (Å²) >= 11 is 0. The van der Waals surface area contributed by atoms with Gasteiger partial charge in [-0.05, 0) is 31.4 Å². The van der Waals surface area contributed by atoms with Crippen molar-refractivity contribution >= 4 is 23.3 Å². The fourth-order valence-corrected chi connectivity index (χ4v) is 3.31. The summed E-state index contributed by atoms with van der Waals surface area (Å²) in [6.45, 7) is 2.70. The van der Waals surface area contributed by atoms with E-state index in [1.807, 2.05) is 6.92 Å². The van der Waals surface area contributed by atoms with Gasteiger partial charge < -0.3 is 19.8 Å². The predicted molar refractivity (Wildman–Crippen MR) is 113 cm³/mol. The molecule has 1 aromatic carbocycles. The standard InChI is InChI=1S/C22H27F3N2O5/c1-2-7-16-18(31-11-6-4-3-5-10-27-19(29)13-26-14-28)9-8-15-17(22(23,24)25)12-20(30)32-21(15)16/h8-9,12,14H,2-7,10-11,13H2,1H3,(H,26,28)(H,27,29). The van der Waals surface area contributed by atoms with Crippen LogP contribution in [-0.2, 0) is 22.2 Å². The highest BCUT2D eigenvalue weighted by molar-refractivity contribution is 5.85. The molecule has 0 radical (unpaired) electrons.